The predicted molar refractivity (Wildman–Crippen MR) is 232 cm³/mol. The van der Waals surface area contributed by atoms with Crippen molar-refractivity contribution in [2.45, 2.75) is 226 Å². The van der Waals surface area contributed by atoms with Gasteiger partial charge in [-0.15, -0.1) is 0 Å². The molecule has 0 spiro atoms. The number of unbranched alkanes of at least 4 members (excludes halogenated alkanes) is 27. The average Bonchev–Trinajstić information content (AvgIpc) is 3.10. The summed E-state index contributed by atoms with van der Waals surface area (Å²) in [7, 11) is 2.85. The number of rotatable bonds is 40. The van der Waals surface area contributed by atoms with Gasteiger partial charge in [-0.1, -0.05) is 0 Å². The summed E-state index contributed by atoms with van der Waals surface area (Å²) in [6.45, 7) is 6.96. The van der Waals surface area contributed by atoms with Gasteiger partial charge in [-0.3, -0.25) is 0 Å². The van der Waals surface area contributed by atoms with Crippen molar-refractivity contribution in [1.82, 2.24) is 0 Å². The molecule has 0 aromatic rings. The minimum atomic E-state index is -2.53. The fourth-order valence-corrected chi connectivity index (χ4v) is 19.3. The van der Waals surface area contributed by atoms with Crippen molar-refractivity contribution in [3.63, 3.8) is 0 Å². The van der Waals surface area contributed by atoms with Gasteiger partial charge in [0.05, 0.1) is 0 Å². The third-order valence-electron chi connectivity index (χ3n) is 11.3. The van der Waals surface area contributed by atoms with E-state index in [0.717, 1.165) is 6.04 Å². The van der Waals surface area contributed by atoms with Gasteiger partial charge in [-0.25, -0.2) is 0 Å². The summed E-state index contributed by atoms with van der Waals surface area (Å²) >= 11 is 3.18. The third-order valence-corrected chi connectivity index (χ3v) is 25.7. The Morgan fingerprint density at radius 1 is 0.333 bits per heavy atom. The van der Waals surface area contributed by atoms with Crippen molar-refractivity contribution in [1.29, 1.82) is 0 Å². The Labute approximate surface area is 318 Å². The molecule has 3 nitrogen and oxygen atoms in total. The van der Waals surface area contributed by atoms with Gasteiger partial charge in [0.2, 0.25) is 0 Å². The van der Waals surface area contributed by atoms with Gasteiger partial charge in [-0.2, -0.15) is 0 Å². The standard InChI is InChI=1S/C42H90IO3PSi/c1-7-10-13-16-19-22-25-28-31-34-38-47(43,41-37-42-48(44-4,45-5)46-6,39-35-32-29-26-23-20-17-14-11-8-2)40-36-33-30-27-24-21-18-15-12-9-3/h7-42H2,1-6H3. The molecule has 0 saturated carbocycles. The Morgan fingerprint density at radius 2 is 0.542 bits per heavy atom. The van der Waals surface area contributed by atoms with Crippen LogP contribution in [-0.4, -0.2) is 54.8 Å². The molecule has 0 unspecified atom stereocenters. The summed E-state index contributed by atoms with van der Waals surface area (Å²) in [5.41, 5.74) is 0. The topological polar surface area (TPSA) is 27.7 Å². The van der Waals surface area contributed by atoms with E-state index in [4.69, 9.17) is 13.3 Å². The Hall–Kier alpha value is 1.26. The fourth-order valence-electron chi connectivity index (χ4n) is 7.90. The van der Waals surface area contributed by atoms with Crippen LogP contribution in [0.5, 0.6) is 0 Å². The van der Waals surface area contributed by atoms with Crippen LogP contribution in [0.25, 0.3) is 0 Å². The first-order chi connectivity index (χ1) is 23.4. The molecule has 0 aromatic carbocycles. The van der Waals surface area contributed by atoms with Crippen molar-refractivity contribution in [3.05, 3.63) is 0 Å². The van der Waals surface area contributed by atoms with Gasteiger partial charge in [0.15, 0.2) is 0 Å². The first-order valence-corrected chi connectivity index (χ1v) is 29.4. The molecule has 0 heterocycles. The number of halogens is 1. The first kappa shape index (κ1) is 49.3. The molecule has 0 rings (SSSR count). The summed E-state index contributed by atoms with van der Waals surface area (Å²) in [6, 6.07) is 0.964. The van der Waals surface area contributed by atoms with Gasteiger partial charge in [-0.05, 0) is 0 Å². The van der Waals surface area contributed by atoms with E-state index in [1.165, 1.54) is 224 Å². The Balaban J connectivity index is 5.27. The van der Waals surface area contributed by atoms with E-state index in [9.17, 15) is 0 Å². The zero-order valence-corrected chi connectivity index (χ0v) is 38.1. The Morgan fingerprint density at radius 3 is 0.771 bits per heavy atom. The van der Waals surface area contributed by atoms with Crippen LogP contribution in [0.4, 0.5) is 0 Å². The van der Waals surface area contributed by atoms with E-state index >= 15 is 0 Å². The van der Waals surface area contributed by atoms with Crippen LogP contribution in [0, 0.1) is 0 Å². The summed E-state index contributed by atoms with van der Waals surface area (Å²) in [5.74, 6) is 0. The van der Waals surface area contributed by atoms with Gasteiger partial charge < -0.3 is 0 Å². The second-order valence-electron chi connectivity index (χ2n) is 15.7. The van der Waals surface area contributed by atoms with Crippen molar-refractivity contribution >= 4 is 35.1 Å². The fraction of sp³-hybridized carbons (Fsp3) is 1.00. The van der Waals surface area contributed by atoms with E-state index in [-0.39, 0.29) is 0 Å². The molecule has 0 radical (unpaired) electrons. The SMILES string of the molecule is CCCCCCCCCCCCP(I)(CCCCCCCCCCCC)(CCCCCCCCCCCC)CCC[Si](OC)(OC)OC. The maximum atomic E-state index is 5.89. The van der Waals surface area contributed by atoms with Crippen LogP contribution in [0.3, 0.4) is 0 Å². The van der Waals surface area contributed by atoms with Crippen molar-refractivity contribution < 1.29 is 13.3 Å². The van der Waals surface area contributed by atoms with Crippen molar-refractivity contribution in [3.8, 4) is 0 Å². The van der Waals surface area contributed by atoms with Crippen LogP contribution in [0.15, 0.2) is 0 Å². The van der Waals surface area contributed by atoms with Gasteiger partial charge in [0.25, 0.3) is 0 Å². The molecule has 292 valence electrons. The first-order valence-electron chi connectivity index (χ1n) is 21.7. The van der Waals surface area contributed by atoms with Crippen LogP contribution < -0.4 is 0 Å². The zero-order valence-electron chi connectivity index (χ0n) is 34.0. The molecule has 0 aliphatic heterocycles. The molecule has 0 aromatic heterocycles. The molecule has 0 saturated heterocycles. The zero-order chi connectivity index (χ0) is 35.5. The Bertz CT molecular complexity index is 592. The van der Waals surface area contributed by atoms with Gasteiger partial charge >= 0.3 is 320 Å². The quantitative estimate of drug-likeness (QED) is 0.0267. The molecule has 0 aliphatic rings. The summed E-state index contributed by atoms with van der Waals surface area (Å²) in [4.78, 5) is 0. The van der Waals surface area contributed by atoms with E-state index in [0.29, 0.717) is 0 Å². The van der Waals surface area contributed by atoms with Gasteiger partial charge in [0, 0.05) is 0 Å². The van der Waals surface area contributed by atoms with Crippen LogP contribution in [-0.2, 0) is 13.3 Å². The summed E-state index contributed by atoms with van der Waals surface area (Å²) in [5, 5.41) is 0. The second kappa shape index (κ2) is 34.1. The van der Waals surface area contributed by atoms with Crippen LogP contribution >= 0.6 is 26.3 Å². The number of hydrogen-bond acceptors (Lipinski definition) is 3. The molecule has 0 atom stereocenters. The minimum absolute atomic E-state index is 0.964. The second-order valence-corrected chi connectivity index (χ2v) is 32.4. The monoisotopic (exact) mass is 829 g/mol. The van der Waals surface area contributed by atoms with E-state index in [1.807, 2.05) is 0 Å². The molecule has 0 aliphatic carbocycles. The molecular weight excluding hydrogens is 738 g/mol. The maximum absolute atomic E-state index is 5.89. The molecular formula is C42H90IO3PSi. The van der Waals surface area contributed by atoms with Crippen LogP contribution in [0.2, 0.25) is 6.04 Å². The normalized spacial score (nSPS) is 13.3. The van der Waals surface area contributed by atoms with E-state index in [1.54, 1.807) is 21.3 Å². The van der Waals surface area contributed by atoms with E-state index in [2.05, 4.69) is 42.8 Å². The molecule has 0 fully saturated rings. The molecule has 0 amide bonds. The molecule has 0 bridgehead atoms. The van der Waals surface area contributed by atoms with Crippen LogP contribution in [0.1, 0.15) is 220 Å². The molecule has 48 heavy (non-hydrogen) atoms. The number of hydrogen-bond donors (Lipinski definition) is 0. The average molecular weight is 829 g/mol. The van der Waals surface area contributed by atoms with Crippen molar-refractivity contribution in [2.75, 3.05) is 46.0 Å². The summed E-state index contributed by atoms with van der Waals surface area (Å²) < 4.78 is 15.8. The third kappa shape index (κ3) is 26.9. The molecule has 0 N–H and O–H groups in total. The summed E-state index contributed by atoms with van der Waals surface area (Å²) in [6.07, 6.45) is 50.2. The predicted octanol–water partition coefficient (Wildman–Crippen LogP) is 15.9. The van der Waals surface area contributed by atoms with E-state index < -0.39 is 13.1 Å². The van der Waals surface area contributed by atoms with Gasteiger partial charge in [0.1, 0.15) is 0 Å². The Kier molecular flexibility index (Phi) is 34.9. The molecule has 6 heteroatoms. The van der Waals surface area contributed by atoms with Crippen molar-refractivity contribution in [2.24, 2.45) is 0 Å².